The van der Waals surface area contributed by atoms with Crippen molar-refractivity contribution in [1.29, 1.82) is 0 Å². The molecule has 0 nitrogen and oxygen atoms in total. The minimum atomic E-state index is 1.24. The fourth-order valence-corrected chi connectivity index (χ4v) is 2.23. The highest BCUT2D eigenvalue weighted by atomic mass is 14.1. The lowest BCUT2D eigenvalue weighted by Gasteiger charge is -2.14. The minimum Gasteiger partial charge on any atom is -0.0622 e. The molecule has 0 atom stereocenters. The van der Waals surface area contributed by atoms with Gasteiger partial charge in [-0.05, 0) is 67.1 Å². The number of aryl methyl sites for hydroxylation is 2. The molecule has 0 unspecified atom stereocenters. The predicted octanol–water partition coefficient (Wildman–Crippen LogP) is 4.39. The van der Waals surface area contributed by atoms with E-state index in [2.05, 4.69) is 64.1 Å². The smallest absolute Gasteiger partial charge is 0.0111 e. The lowest BCUT2D eigenvalue weighted by molar-refractivity contribution is 1.23. The van der Waals surface area contributed by atoms with Gasteiger partial charge in [-0.2, -0.15) is 0 Å². The Morgan fingerprint density at radius 2 is 1.38 bits per heavy atom. The van der Waals surface area contributed by atoms with Crippen LogP contribution in [0.15, 0.2) is 30.3 Å². The highest BCUT2D eigenvalue weighted by Gasteiger charge is 2.09. The molecule has 0 saturated heterocycles. The van der Waals surface area contributed by atoms with Crippen LogP contribution in [0, 0.1) is 33.8 Å². The van der Waals surface area contributed by atoms with Gasteiger partial charge in [-0.25, -0.2) is 0 Å². The van der Waals surface area contributed by atoms with Crippen molar-refractivity contribution in [1.82, 2.24) is 0 Å². The van der Waals surface area contributed by atoms with Crippen molar-refractivity contribution < 1.29 is 0 Å². The van der Waals surface area contributed by atoms with Gasteiger partial charge in [0.05, 0.1) is 0 Å². The molecule has 0 heteroatoms. The summed E-state index contributed by atoms with van der Waals surface area (Å²) in [4.78, 5) is 0. The SMILES string of the molecule is Cc1[c]c(C)c(-c2ccccc2)c(C)c1C. The van der Waals surface area contributed by atoms with Crippen LogP contribution < -0.4 is 0 Å². The third-order valence-corrected chi connectivity index (χ3v) is 3.31. The molecule has 81 valence electrons. The summed E-state index contributed by atoms with van der Waals surface area (Å²) in [5.41, 5.74) is 7.85. The van der Waals surface area contributed by atoms with Crippen LogP contribution >= 0.6 is 0 Å². The summed E-state index contributed by atoms with van der Waals surface area (Å²) in [5.74, 6) is 0. The Labute approximate surface area is 97.9 Å². The first-order chi connectivity index (χ1) is 7.61. The van der Waals surface area contributed by atoms with Gasteiger partial charge >= 0.3 is 0 Å². The summed E-state index contributed by atoms with van der Waals surface area (Å²) in [6.45, 7) is 8.64. The Bertz CT molecular complexity index is 507. The molecule has 0 spiro atoms. The summed E-state index contributed by atoms with van der Waals surface area (Å²) >= 11 is 0. The molecule has 0 N–H and O–H groups in total. The molecule has 0 fully saturated rings. The molecule has 0 heterocycles. The summed E-state index contributed by atoms with van der Waals surface area (Å²) in [5, 5.41) is 0. The van der Waals surface area contributed by atoms with Gasteiger partial charge < -0.3 is 0 Å². The van der Waals surface area contributed by atoms with Crippen LogP contribution in [0.1, 0.15) is 22.3 Å². The van der Waals surface area contributed by atoms with Crippen LogP contribution in [0.5, 0.6) is 0 Å². The third kappa shape index (κ3) is 1.76. The topological polar surface area (TPSA) is 0 Å². The van der Waals surface area contributed by atoms with E-state index in [1.54, 1.807) is 0 Å². The zero-order chi connectivity index (χ0) is 11.7. The number of hydrogen-bond donors (Lipinski definition) is 0. The van der Waals surface area contributed by atoms with Crippen LogP contribution in [0.25, 0.3) is 11.1 Å². The summed E-state index contributed by atoms with van der Waals surface area (Å²) in [7, 11) is 0. The lowest BCUT2D eigenvalue weighted by Crippen LogP contribution is -1.95. The molecule has 0 aliphatic carbocycles. The van der Waals surface area contributed by atoms with E-state index in [9.17, 15) is 0 Å². The predicted molar refractivity (Wildman–Crippen MR) is 69.7 cm³/mol. The summed E-state index contributed by atoms with van der Waals surface area (Å²) < 4.78 is 0. The van der Waals surface area contributed by atoms with Gasteiger partial charge in [0, 0.05) is 0 Å². The van der Waals surface area contributed by atoms with E-state index in [-0.39, 0.29) is 0 Å². The average molecular weight is 209 g/mol. The van der Waals surface area contributed by atoms with E-state index in [1.807, 2.05) is 0 Å². The highest BCUT2D eigenvalue weighted by Crippen LogP contribution is 2.30. The summed E-state index contributed by atoms with van der Waals surface area (Å²) in [6.07, 6.45) is 0. The third-order valence-electron chi connectivity index (χ3n) is 3.31. The molecular weight excluding hydrogens is 192 g/mol. The van der Waals surface area contributed by atoms with Crippen molar-refractivity contribution in [2.24, 2.45) is 0 Å². The fourth-order valence-electron chi connectivity index (χ4n) is 2.23. The Kier molecular flexibility index (Phi) is 2.82. The number of benzene rings is 2. The van der Waals surface area contributed by atoms with Crippen LogP contribution in [0.4, 0.5) is 0 Å². The molecule has 0 aliphatic heterocycles. The van der Waals surface area contributed by atoms with Crippen LogP contribution in [-0.2, 0) is 0 Å². The van der Waals surface area contributed by atoms with Crippen molar-refractivity contribution in [2.45, 2.75) is 27.7 Å². The molecule has 0 bridgehead atoms. The Hall–Kier alpha value is -1.56. The van der Waals surface area contributed by atoms with Gasteiger partial charge in [0.15, 0.2) is 0 Å². The minimum absolute atomic E-state index is 1.24. The summed E-state index contributed by atoms with van der Waals surface area (Å²) in [6, 6.07) is 14.0. The number of hydrogen-bond acceptors (Lipinski definition) is 0. The van der Waals surface area contributed by atoms with Gasteiger partial charge in [0.25, 0.3) is 0 Å². The first-order valence-electron chi connectivity index (χ1n) is 5.66. The standard InChI is InChI=1S/C16H17/c1-11-10-12(2)16(14(4)13(11)3)15-8-6-5-7-9-15/h5-9H,1-4H3. The van der Waals surface area contributed by atoms with E-state index in [1.165, 1.54) is 33.4 Å². The quantitative estimate of drug-likeness (QED) is 0.653. The second kappa shape index (κ2) is 4.13. The Morgan fingerprint density at radius 3 is 2.00 bits per heavy atom. The Balaban J connectivity index is 2.71. The van der Waals surface area contributed by atoms with Crippen molar-refractivity contribution in [3.8, 4) is 11.1 Å². The van der Waals surface area contributed by atoms with E-state index in [4.69, 9.17) is 0 Å². The van der Waals surface area contributed by atoms with E-state index >= 15 is 0 Å². The van der Waals surface area contributed by atoms with Crippen LogP contribution in [0.3, 0.4) is 0 Å². The maximum atomic E-state index is 3.45. The fraction of sp³-hybridized carbons (Fsp3) is 0.250. The largest absolute Gasteiger partial charge is 0.0622 e. The zero-order valence-corrected chi connectivity index (χ0v) is 10.4. The monoisotopic (exact) mass is 209 g/mol. The second-order valence-electron chi connectivity index (χ2n) is 4.37. The molecule has 1 radical (unpaired) electrons. The van der Waals surface area contributed by atoms with Crippen LogP contribution in [-0.4, -0.2) is 0 Å². The first-order valence-corrected chi connectivity index (χ1v) is 5.66. The molecule has 0 saturated carbocycles. The second-order valence-corrected chi connectivity index (χ2v) is 4.37. The maximum Gasteiger partial charge on any atom is -0.0111 e. The van der Waals surface area contributed by atoms with Crippen LogP contribution in [0.2, 0.25) is 0 Å². The maximum absolute atomic E-state index is 3.45. The molecule has 2 aromatic rings. The van der Waals surface area contributed by atoms with E-state index in [0.717, 1.165) is 0 Å². The average Bonchev–Trinajstić information content (AvgIpc) is 2.28. The molecule has 0 amide bonds. The molecule has 0 aromatic heterocycles. The van der Waals surface area contributed by atoms with Gasteiger partial charge in [-0.1, -0.05) is 30.3 Å². The van der Waals surface area contributed by atoms with Crippen molar-refractivity contribution >= 4 is 0 Å². The highest BCUT2D eigenvalue weighted by molar-refractivity contribution is 5.72. The molecule has 0 aliphatic rings. The van der Waals surface area contributed by atoms with Gasteiger partial charge in [-0.15, -0.1) is 0 Å². The molecule has 2 aromatic carbocycles. The van der Waals surface area contributed by atoms with Crippen molar-refractivity contribution in [3.05, 3.63) is 58.7 Å². The Morgan fingerprint density at radius 1 is 0.750 bits per heavy atom. The zero-order valence-electron chi connectivity index (χ0n) is 10.4. The molecular formula is C16H17. The van der Waals surface area contributed by atoms with Crippen molar-refractivity contribution in [2.75, 3.05) is 0 Å². The normalized spacial score (nSPS) is 10.5. The molecule has 16 heavy (non-hydrogen) atoms. The first kappa shape index (κ1) is 10.9. The van der Waals surface area contributed by atoms with Gasteiger partial charge in [0.2, 0.25) is 0 Å². The molecule has 2 rings (SSSR count). The van der Waals surface area contributed by atoms with Crippen molar-refractivity contribution in [3.63, 3.8) is 0 Å². The van der Waals surface area contributed by atoms with Gasteiger partial charge in [-0.3, -0.25) is 0 Å². The van der Waals surface area contributed by atoms with E-state index in [0.29, 0.717) is 0 Å². The van der Waals surface area contributed by atoms with E-state index < -0.39 is 0 Å². The van der Waals surface area contributed by atoms with Gasteiger partial charge in [0.1, 0.15) is 0 Å². The number of rotatable bonds is 1. The lowest BCUT2D eigenvalue weighted by atomic mass is 9.90.